The molecule has 0 aliphatic carbocycles. The summed E-state index contributed by atoms with van der Waals surface area (Å²) < 4.78 is 16.7. The summed E-state index contributed by atoms with van der Waals surface area (Å²) in [7, 11) is -0.312. The number of hydrogen-bond acceptors (Lipinski definition) is 12. The molecule has 19 heteroatoms. The van der Waals surface area contributed by atoms with E-state index >= 15 is 0 Å². The summed E-state index contributed by atoms with van der Waals surface area (Å²) in [4.78, 5) is 47.8. The topological polar surface area (TPSA) is 219 Å². The molecule has 10 aromatic carbocycles. The Morgan fingerprint density at radius 2 is 0.819 bits per heavy atom. The van der Waals surface area contributed by atoms with E-state index in [0.29, 0.717) is 34.6 Å². The van der Waals surface area contributed by atoms with Crippen LogP contribution in [0.1, 0.15) is 84.0 Å². The molecule has 6 heterocycles. The Balaban J connectivity index is 0.000000151. The molecule has 4 aliphatic heterocycles. The third-order valence-electron chi connectivity index (χ3n) is 17.8. The van der Waals surface area contributed by atoms with Crippen LogP contribution in [0.25, 0.3) is 33.1 Å². The van der Waals surface area contributed by atoms with Crippen molar-refractivity contribution in [1.82, 2.24) is 0 Å². The van der Waals surface area contributed by atoms with Crippen molar-refractivity contribution >= 4 is 117 Å². The van der Waals surface area contributed by atoms with Gasteiger partial charge in [0.2, 0.25) is 0 Å². The molecule has 3 N–H and O–H groups in total. The Bertz CT molecular complexity index is 4780. The van der Waals surface area contributed by atoms with E-state index in [1.54, 1.807) is 30.3 Å². The first-order valence-corrected chi connectivity index (χ1v) is 37.9. The van der Waals surface area contributed by atoms with Crippen molar-refractivity contribution < 1.29 is 58.7 Å². The molecule has 1 radical (unpaired) electrons. The predicted octanol–water partition coefficient (Wildman–Crippen LogP) is 15.4. The second-order valence-corrected chi connectivity index (χ2v) is 30.1. The van der Waals surface area contributed by atoms with Gasteiger partial charge in [0.1, 0.15) is 21.4 Å². The van der Waals surface area contributed by atoms with Gasteiger partial charge in [-0.2, -0.15) is 10.5 Å². The Morgan fingerprint density at radius 1 is 0.476 bits per heavy atom. The fourth-order valence-corrected chi connectivity index (χ4v) is 18.3. The minimum atomic E-state index is -0.833. The minimum Gasteiger partial charge on any atom is -0.537 e. The van der Waals surface area contributed by atoms with Crippen molar-refractivity contribution in [2.45, 2.75) is 79.1 Å². The monoisotopic (exact) mass is 1590 g/mol. The Kier molecular flexibility index (Phi) is 29.5. The number of nitriles is 2. The third kappa shape index (κ3) is 20.5. The van der Waals surface area contributed by atoms with E-state index in [9.17, 15) is 9.59 Å². The van der Waals surface area contributed by atoms with Gasteiger partial charge in [0.25, 0.3) is 11.9 Å². The van der Waals surface area contributed by atoms with Crippen LogP contribution in [-0.4, -0.2) is 61.0 Å². The van der Waals surface area contributed by atoms with Gasteiger partial charge in [-0.25, -0.2) is 9.59 Å². The average molecular weight is 1590 g/mol. The first kappa shape index (κ1) is 79.1. The van der Waals surface area contributed by atoms with E-state index in [2.05, 4.69) is 231 Å². The molecule has 0 fully saturated rings. The SMILES string of the molecule is CC(=O)O.CC(=O)O.Cc1c(-c2ccc(C#N)cc2)c(=O)oc2c3c4c(cc12)CCCN4CCC3.Cc1c(Br)c(=O)oc2c3c4c(cc12)CCCN4CCC3.N#Cc1cccc(O[B]O)c1.[Pd].c1ccc(P(c2ccccc2)c2ccccc2)cc1.c1ccc(P(c2ccccc2)c2ccccc2)cc1. The number of carbonyl (C=O) groups is 2. The summed E-state index contributed by atoms with van der Waals surface area (Å²) in [6.07, 6.45) is 8.83. The number of carboxylic acids is 2. The number of hydrogen-bond donors (Lipinski definition) is 3. The molecule has 105 heavy (non-hydrogen) atoms. The largest absolute Gasteiger partial charge is 0.569 e. The van der Waals surface area contributed by atoms with Gasteiger partial charge in [-0.3, -0.25) is 9.59 Å². The standard InChI is InChI=1S/C23H20N2O2.2C18H15P.C16H16BrNO2.C7H5BNO2.2C2H4O2.Pd/c1-14-19-12-17-4-2-10-25-11-3-5-18(21(17)25)22(19)27-23(26)20(14)16-8-6-15(13-24)7-9-16;2*1-4-10-16(11-5-1)19(17-12-6-2-7-13-17)18-14-8-3-9-15-18;1-9-12-8-10-4-2-6-18-7-3-5-11(14(10)18)15(12)20-16(19)13(9)17;9-5-6-2-1-3-7(4-6)11-8-10;2*1-2(3)4;/h6-9,12H,2-5,10-11H2,1H3;2*1-15H;8H,2-7H2,1H3;1-4,10H;2*1H3,(H,3,4);. The zero-order valence-electron chi connectivity index (χ0n) is 58.7. The Hall–Kier alpha value is -10.0. The van der Waals surface area contributed by atoms with Crippen LogP contribution in [0.4, 0.5) is 11.4 Å². The van der Waals surface area contributed by atoms with Crippen molar-refractivity contribution in [3.8, 4) is 29.0 Å². The van der Waals surface area contributed by atoms with E-state index in [-0.39, 0.29) is 31.7 Å². The number of halogens is 1. The molecule has 2 aromatic heterocycles. The van der Waals surface area contributed by atoms with Gasteiger partial charge in [-0.1, -0.05) is 200 Å². The van der Waals surface area contributed by atoms with Crippen molar-refractivity contribution in [2.75, 3.05) is 36.0 Å². The second-order valence-electron chi connectivity index (χ2n) is 24.9. The van der Waals surface area contributed by atoms with E-state index in [0.717, 1.165) is 117 Å². The Morgan fingerprint density at radius 3 is 1.17 bits per heavy atom. The number of aryl methyl sites for hydroxylation is 6. The zero-order chi connectivity index (χ0) is 73.5. The molecular weight excluding hydrogens is 1510 g/mol. The van der Waals surface area contributed by atoms with Crippen LogP contribution in [0.15, 0.2) is 266 Å². The van der Waals surface area contributed by atoms with E-state index in [1.807, 2.05) is 32.0 Å². The van der Waals surface area contributed by atoms with Gasteiger partial charge < -0.3 is 38.5 Å². The second kappa shape index (κ2) is 39.2. The maximum atomic E-state index is 12.9. The fourth-order valence-electron chi connectivity index (χ4n) is 13.4. The average Bonchev–Trinajstić information content (AvgIpc) is 0.742. The maximum Gasteiger partial charge on any atom is 0.569 e. The van der Waals surface area contributed by atoms with Gasteiger partial charge in [-0.05, 0) is 199 Å². The van der Waals surface area contributed by atoms with Crippen LogP contribution in [0.5, 0.6) is 5.75 Å². The van der Waals surface area contributed by atoms with Crippen LogP contribution in [-0.2, 0) is 55.7 Å². The maximum absolute atomic E-state index is 12.9. The van der Waals surface area contributed by atoms with Gasteiger partial charge in [0.05, 0.1) is 28.8 Å². The molecule has 0 amide bonds. The van der Waals surface area contributed by atoms with Gasteiger partial charge in [0.15, 0.2) is 0 Å². The van der Waals surface area contributed by atoms with Crippen LogP contribution in [0, 0.1) is 36.5 Å². The summed E-state index contributed by atoms with van der Waals surface area (Å²) in [5.74, 6) is -1.22. The van der Waals surface area contributed by atoms with E-state index < -0.39 is 27.8 Å². The normalized spacial score (nSPS) is 12.5. The molecule has 0 unspecified atom stereocenters. The molecule has 16 rings (SSSR count). The number of carboxylic acid groups (broad SMARTS) is 2. The van der Waals surface area contributed by atoms with Gasteiger partial charge in [-0.15, -0.1) is 0 Å². The van der Waals surface area contributed by atoms with E-state index in [1.165, 1.54) is 84.4 Å². The zero-order valence-corrected chi connectivity index (χ0v) is 63.7. The predicted molar refractivity (Wildman–Crippen MR) is 427 cm³/mol. The smallest absolute Gasteiger partial charge is 0.537 e. The number of benzene rings is 10. The first-order valence-electron chi connectivity index (χ1n) is 34.4. The van der Waals surface area contributed by atoms with Crippen molar-refractivity contribution in [3.05, 3.63) is 312 Å². The molecule has 0 atom stereocenters. The van der Waals surface area contributed by atoms with Crippen LogP contribution in [0.2, 0.25) is 0 Å². The van der Waals surface area contributed by atoms with Crippen LogP contribution < -0.4 is 57.5 Å². The molecule has 0 saturated carbocycles. The Labute approximate surface area is 637 Å². The van der Waals surface area contributed by atoms with Crippen LogP contribution >= 0.6 is 31.8 Å². The summed E-state index contributed by atoms with van der Waals surface area (Å²) in [5, 5.41) is 51.1. The van der Waals surface area contributed by atoms with Crippen LogP contribution in [0.3, 0.4) is 0 Å². The molecule has 12 aromatic rings. The van der Waals surface area contributed by atoms with Crippen molar-refractivity contribution in [2.24, 2.45) is 0 Å². The number of fused-ring (bicyclic) bond motifs is 4. The molecular formula is C86H79BBrN4O10P2Pd. The molecule has 0 bridgehead atoms. The van der Waals surface area contributed by atoms with Crippen molar-refractivity contribution in [1.29, 1.82) is 10.5 Å². The molecule has 4 aliphatic rings. The van der Waals surface area contributed by atoms with Gasteiger partial charge in [0, 0.05) is 93.7 Å². The summed E-state index contributed by atoms with van der Waals surface area (Å²) in [5.41, 5.74) is 13.4. The molecule has 14 nitrogen and oxygen atoms in total. The molecule has 0 saturated heterocycles. The van der Waals surface area contributed by atoms with Crippen molar-refractivity contribution in [3.63, 3.8) is 0 Å². The summed E-state index contributed by atoms with van der Waals surface area (Å²) in [6, 6.07) is 86.8. The molecule has 533 valence electrons. The van der Waals surface area contributed by atoms with E-state index in [4.69, 9.17) is 44.2 Å². The summed E-state index contributed by atoms with van der Waals surface area (Å²) >= 11 is 3.35. The fraction of sp³-hybridized carbons (Fsp3) is 0.186. The number of nitrogens with zero attached hydrogens (tertiary/aromatic N) is 4. The number of aliphatic carboxylic acids is 2. The van der Waals surface area contributed by atoms with Gasteiger partial charge >= 0.3 is 18.9 Å². The molecule has 0 spiro atoms. The first-order chi connectivity index (χ1) is 50.6. The number of rotatable bonds is 9. The third-order valence-corrected chi connectivity index (χ3v) is 23.6. The minimum absolute atomic E-state index is 0. The summed E-state index contributed by atoms with van der Waals surface area (Å²) in [6.45, 7) is 10.6. The quantitative estimate of drug-likeness (QED) is 0.0696. The number of anilines is 2.